The number of dihydropyridines is 1. The first kappa shape index (κ1) is 18.7. The lowest BCUT2D eigenvalue weighted by atomic mass is 9.75. The van der Waals surface area contributed by atoms with Crippen LogP contribution in [0.15, 0.2) is 46.8 Å². The van der Waals surface area contributed by atoms with Crippen LogP contribution < -0.4 is 5.32 Å². The Morgan fingerprint density at radius 1 is 1.31 bits per heavy atom. The minimum atomic E-state index is -0.470. The first-order valence-electron chi connectivity index (χ1n) is 9.20. The van der Waals surface area contributed by atoms with Gasteiger partial charge in [-0.3, -0.25) is 4.79 Å². The van der Waals surface area contributed by atoms with Gasteiger partial charge in [0.2, 0.25) is 0 Å². The average molecular weight is 374 g/mol. The highest BCUT2D eigenvalue weighted by molar-refractivity contribution is 6.31. The number of hydrogen-bond acceptors (Lipinski definition) is 4. The van der Waals surface area contributed by atoms with E-state index in [9.17, 15) is 9.59 Å². The molecule has 0 aromatic heterocycles. The van der Waals surface area contributed by atoms with Crippen molar-refractivity contribution < 1.29 is 14.3 Å². The van der Waals surface area contributed by atoms with Gasteiger partial charge < -0.3 is 10.1 Å². The number of allylic oxidation sites excluding steroid dienone is 3. The highest BCUT2D eigenvalue weighted by atomic mass is 35.5. The number of unbranched alkanes of at least 4 members (excludes halogenated alkanes) is 1. The van der Waals surface area contributed by atoms with Crippen LogP contribution in [0.2, 0.25) is 5.02 Å². The Morgan fingerprint density at radius 2 is 2.08 bits per heavy atom. The van der Waals surface area contributed by atoms with Crippen molar-refractivity contribution >= 4 is 23.4 Å². The van der Waals surface area contributed by atoms with Gasteiger partial charge in [-0.2, -0.15) is 0 Å². The van der Waals surface area contributed by atoms with Crippen molar-refractivity contribution in [2.75, 3.05) is 6.61 Å². The van der Waals surface area contributed by atoms with Crippen LogP contribution in [0.25, 0.3) is 0 Å². The van der Waals surface area contributed by atoms with Crippen molar-refractivity contribution in [1.29, 1.82) is 0 Å². The molecule has 4 nitrogen and oxygen atoms in total. The number of carbonyl (C=O) groups excluding carboxylic acids is 2. The minimum Gasteiger partial charge on any atom is -0.462 e. The van der Waals surface area contributed by atoms with E-state index >= 15 is 0 Å². The van der Waals surface area contributed by atoms with E-state index in [1.165, 1.54) is 0 Å². The summed E-state index contributed by atoms with van der Waals surface area (Å²) in [5.74, 6) is -0.768. The van der Waals surface area contributed by atoms with Crippen LogP contribution in [0.3, 0.4) is 0 Å². The van der Waals surface area contributed by atoms with E-state index in [0.29, 0.717) is 29.2 Å². The molecule has 138 valence electrons. The number of esters is 1. The molecule has 0 fully saturated rings. The van der Waals surface area contributed by atoms with Crippen molar-refractivity contribution in [2.24, 2.45) is 0 Å². The fourth-order valence-corrected chi connectivity index (χ4v) is 3.91. The Hall–Kier alpha value is -2.07. The van der Waals surface area contributed by atoms with Gasteiger partial charge in [0.1, 0.15) is 0 Å². The lowest BCUT2D eigenvalue weighted by Crippen LogP contribution is -2.34. The quantitative estimate of drug-likeness (QED) is 0.602. The summed E-state index contributed by atoms with van der Waals surface area (Å²) in [6.45, 7) is 4.29. The fraction of sp³-hybridized carbons (Fsp3) is 0.429. The average Bonchev–Trinajstić information content (AvgIpc) is 2.61. The van der Waals surface area contributed by atoms with Crippen molar-refractivity contribution in [3.8, 4) is 0 Å². The zero-order chi connectivity index (χ0) is 18.7. The molecule has 1 aliphatic carbocycles. The van der Waals surface area contributed by atoms with Gasteiger partial charge in [-0.15, -0.1) is 0 Å². The van der Waals surface area contributed by atoms with E-state index in [1.54, 1.807) is 6.07 Å². The third-order valence-corrected chi connectivity index (χ3v) is 5.29. The molecule has 26 heavy (non-hydrogen) atoms. The van der Waals surface area contributed by atoms with Gasteiger partial charge in [-0.05, 0) is 37.8 Å². The number of ether oxygens (including phenoxy) is 1. The minimum absolute atomic E-state index is 0.0787. The Kier molecular flexibility index (Phi) is 5.82. The standard InChI is InChI=1S/C21H24ClNO3/c1-3-4-12-26-21(25)18-13(2)23-16-10-7-11-17(24)20(16)19(18)14-8-5-6-9-15(14)22/h5-6,8-9,19,23H,3-4,7,10-12H2,1-2H3. The van der Waals surface area contributed by atoms with Gasteiger partial charge in [0.05, 0.1) is 12.2 Å². The van der Waals surface area contributed by atoms with Crippen LogP contribution in [0.5, 0.6) is 0 Å². The van der Waals surface area contributed by atoms with E-state index in [-0.39, 0.29) is 11.8 Å². The second-order valence-corrected chi connectivity index (χ2v) is 7.18. The number of ketones is 1. The molecular formula is C21H24ClNO3. The molecule has 1 aromatic rings. The highest BCUT2D eigenvalue weighted by Gasteiger charge is 2.39. The van der Waals surface area contributed by atoms with Gasteiger partial charge in [0.15, 0.2) is 5.78 Å². The molecule has 5 heteroatoms. The lowest BCUT2D eigenvalue weighted by molar-refractivity contribution is -0.139. The molecule has 1 aliphatic heterocycles. The summed E-state index contributed by atoms with van der Waals surface area (Å²) in [6.07, 6.45) is 3.89. The summed E-state index contributed by atoms with van der Waals surface area (Å²) in [5.41, 5.74) is 3.58. The van der Waals surface area contributed by atoms with Crippen molar-refractivity contribution in [3.63, 3.8) is 0 Å². The van der Waals surface area contributed by atoms with Crippen LogP contribution in [0, 0.1) is 0 Å². The summed E-state index contributed by atoms with van der Waals surface area (Å²) in [4.78, 5) is 25.6. The summed E-state index contributed by atoms with van der Waals surface area (Å²) in [5, 5.41) is 3.84. The number of carbonyl (C=O) groups is 2. The van der Waals surface area contributed by atoms with Gasteiger partial charge in [0.25, 0.3) is 0 Å². The molecule has 1 atom stereocenters. The molecule has 0 bridgehead atoms. The SMILES string of the molecule is CCCCOC(=O)C1=C(C)NC2=C(C(=O)CCC2)C1c1ccccc1Cl. The topological polar surface area (TPSA) is 55.4 Å². The van der Waals surface area contributed by atoms with Gasteiger partial charge in [0, 0.05) is 34.3 Å². The van der Waals surface area contributed by atoms with Crippen LogP contribution in [0.1, 0.15) is 57.4 Å². The third kappa shape index (κ3) is 3.56. The molecule has 1 aromatic carbocycles. The summed E-state index contributed by atoms with van der Waals surface area (Å²) < 4.78 is 5.49. The van der Waals surface area contributed by atoms with Crippen molar-refractivity contribution in [3.05, 3.63) is 57.4 Å². The monoisotopic (exact) mass is 373 g/mol. The number of rotatable bonds is 5. The van der Waals surface area contributed by atoms with Gasteiger partial charge in [-0.25, -0.2) is 4.79 Å². The first-order valence-corrected chi connectivity index (χ1v) is 9.58. The van der Waals surface area contributed by atoms with E-state index in [1.807, 2.05) is 32.0 Å². The number of nitrogens with one attached hydrogen (secondary N) is 1. The zero-order valence-corrected chi connectivity index (χ0v) is 16.0. The predicted octanol–water partition coefficient (Wildman–Crippen LogP) is 4.65. The molecule has 0 radical (unpaired) electrons. The Balaban J connectivity index is 2.07. The first-order chi connectivity index (χ1) is 12.5. The van der Waals surface area contributed by atoms with Crippen LogP contribution in [-0.4, -0.2) is 18.4 Å². The number of benzene rings is 1. The Morgan fingerprint density at radius 3 is 2.81 bits per heavy atom. The normalized spacial score (nSPS) is 20.0. The second kappa shape index (κ2) is 8.09. The molecule has 1 N–H and O–H groups in total. The van der Waals surface area contributed by atoms with E-state index in [4.69, 9.17) is 16.3 Å². The summed E-state index contributed by atoms with van der Waals surface area (Å²) in [7, 11) is 0. The van der Waals surface area contributed by atoms with Gasteiger partial charge >= 0.3 is 5.97 Å². The number of hydrogen-bond donors (Lipinski definition) is 1. The molecule has 1 unspecified atom stereocenters. The zero-order valence-electron chi connectivity index (χ0n) is 15.2. The van der Waals surface area contributed by atoms with Crippen molar-refractivity contribution in [1.82, 2.24) is 5.32 Å². The fourth-order valence-electron chi connectivity index (χ4n) is 3.66. The van der Waals surface area contributed by atoms with E-state index in [0.717, 1.165) is 42.6 Å². The van der Waals surface area contributed by atoms with E-state index in [2.05, 4.69) is 5.32 Å². The number of halogens is 1. The van der Waals surface area contributed by atoms with E-state index < -0.39 is 5.92 Å². The summed E-state index contributed by atoms with van der Waals surface area (Å²) >= 11 is 6.45. The third-order valence-electron chi connectivity index (χ3n) is 4.94. The maximum Gasteiger partial charge on any atom is 0.336 e. The molecular weight excluding hydrogens is 350 g/mol. The predicted molar refractivity (Wildman–Crippen MR) is 102 cm³/mol. The smallest absolute Gasteiger partial charge is 0.336 e. The Labute approximate surface area is 159 Å². The summed E-state index contributed by atoms with van der Waals surface area (Å²) in [6, 6.07) is 7.41. The maximum atomic E-state index is 12.9. The van der Waals surface area contributed by atoms with Gasteiger partial charge in [-0.1, -0.05) is 43.1 Å². The molecule has 0 saturated carbocycles. The molecule has 2 aliphatic rings. The largest absolute Gasteiger partial charge is 0.462 e. The van der Waals surface area contributed by atoms with Crippen LogP contribution >= 0.6 is 11.6 Å². The number of Topliss-reactive ketones (excluding diaryl/α,β-unsaturated/α-hetero) is 1. The molecule has 0 amide bonds. The molecule has 0 saturated heterocycles. The van der Waals surface area contributed by atoms with Crippen LogP contribution in [0.4, 0.5) is 0 Å². The lowest BCUT2D eigenvalue weighted by Gasteiger charge is -2.34. The van der Waals surface area contributed by atoms with Crippen LogP contribution in [-0.2, 0) is 14.3 Å². The van der Waals surface area contributed by atoms with Crippen molar-refractivity contribution in [2.45, 2.75) is 51.9 Å². The Bertz CT molecular complexity index is 794. The maximum absolute atomic E-state index is 12.9. The molecule has 1 heterocycles. The molecule has 3 rings (SSSR count). The second-order valence-electron chi connectivity index (χ2n) is 6.78. The molecule has 0 spiro atoms. The highest BCUT2D eigenvalue weighted by Crippen LogP contribution is 2.44.